The predicted molar refractivity (Wildman–Crippen MR) is 47.2 cm³/mol. The molecule has 1 saturated heterocycles. The van der Waals surface area contributed by atoms with Crippen LogP contribution < -0.4 is 0 Å². The van der Waals surface area contributed by atoms with Crippen LogP contribution in [0.2, 0.25) is 0 Å². The van der Waals surface area contributed by atoms with E-state index >= 15 is 0 Å². The van der Waals surface area contributed by atoms with Gasteiger partial charge in [0.2, 0.25) is 5.91 Å². The summed E-state index contributed by atoms with van der Waals surface area (Å²) in [7, 11) is 0. The van der Waals surface area contributed by atoms with Crippen molar-refractivity contribution in [3.63, 3.8) is 0 Å². The molecule has 0 aliphatic carbocycles. The first-order valence-corrected chi connectivity index (χ1v) is 4.54. The number of nitrogens with zero attached hydrogens (tertiary/aromatic N) is 1. The van der Waals surface area contributed by atoms with E-state index in [1.807, 2.05) is 13.8 Å². The Balaban J connectivity index is 2.65. The summed E-state index contributed by atoms with van der Waals surface area (Å²) in [5.74, 6) is -0.587. The van der Waals surface area contributed by atoms with Crippen molar-refractivity contribution in [3.05, 3.63) is 0 Å². The van der Waals surface area contributed by atoms with Crippen LogP contribution in [0.5, 0.6) is 0 Å². The Morgan fingerprint density at radius 3 is 2.77 bits per heavy atom. The fraction of sp³-hybridized carbons (Fsp3) is 0.778. The van der Waals surface area contributed by atoms with Gasteiger partial charge in [0, 0.05) is 13.0 Å². The van der Waals surface area contributed by atoms with Gasteiger partial charge in [0.15, 0.2) is 0 Å². The molecule has 0 aromatic carbocycles. The zero-order valence-corrected chi connectivity index (χ0v) is 7.99. The fourth-order valence-electron chi connectivity index (χ4n) is 1.61. The molecule has 0 saturated carbocycles. The van der Waals surface area contributed by atoms with Crippen LogP contribution in [0.25, 0.3) is 0 Å². The molecule has 1 rings (SSSR count). The van der Waals surface area contributed by atoms with Gasteiger partial charge in [0.05, 0.1) is 0 Å². The van der Waals surface area contributed by atoms with E-state index in [1.54, 1.807) is 0 Å². The molecule has 1 amide bonds. The van der Waals surface area contributed by atoms with Crippen LogP contribution in [0, 0.1) is 5.92 Å². The van der Waals surface area contributed by atoms with Gasteiger partial charge in [-0.05, 0) is 12.3 Å². The summed E-state index contributed by atoms with van der Waals surface area (Å²) in [5.41, 5.74) is 0. The highest BCUT2D eigenvalue weighted by molar-refractivity contribution is 5.87. The smallest absolute Gasteiger partial charge is 0.326 e. The quantitative estimate of drug-likeness (QED) is 0.704. The van der Waals surface area contributed by atoms with Crippen LogP contribution in [0.1, 0.15) is 26.7 Å². The first kappa shape index (κ1) is 10.0. The third kappa shape index (κ3) is 2.20. The van der Waals surface area contributed by atoms with Crippen LogP contribution >= 0.6 is 0 Å². The average molecular weight is 185 g/mol. The molecule has 1 aliphatic heterocycles. The van der Waals surface area contributed by atoms with Gasteiger partial charge in [-0.15, -0.1) is 0 Å². The van der Waals surface area contributed by atoms with Gasteiger partial charge in [0.1, 0.15) is 6.04 Å². The molecule has 1 heterocycles. The second-order valence-electron chi connectivity index (χ2n) is 3.83. The molecule has 1 N–H and O–H groups in total. The third-order valence-corrected chi connectivity index (χ3v) is 2.18. The topological polar surface area (TPSA) is 57.6 Å². The van der Waals surface area contributed by atoms with E-state index in [0.717, 1.165) is 0 Å². The molecule has 0 bridgehead atoms. The number of carboxylic acids is 1. The van der Waals surface area contributed by atoms with Crippen molar-refractivity contribution in [2.45, 2.75) is 32.7 Å². The number of amides is 1. The Labute approximate surface area is 77.5 Å². The molecule has 0 radical (unpaired) electrons. The van der Waals surface area contributed by atoms with Gasteiger partial charge in [-0.3, -0.25) is 4.79 Å². The highest BCUT2D eigenvalue weighted by Gasteiger charge is 2.35. The molecular formula is C9H15NO3. The van der Waals surface area contributed by atoms with Gasteiger partial charge >= 0.3 is 5.97 Å². The number of likely N-dealkylation sites (tertiary alicyclic amines) is 1. The van der Waals surface area contributed by atoms with Crippen LogP contribution in [0.4, 0.5) is 0 Å². The Bertz CT molecular complexity index is 225. The van der Waals surface area contributed by atoms with Gasteiger partial charge in [-0.25, -0.2) is 4.79 Å². The molecule has 74 valence electrons. The zero-order valence-electron chi connectivity index (χ0n) is 7.99. The van der Waals surface area contributed by atoms with E-state index in [9.17, 15) is 9.59 Å². The summed E-state index contributed by atoms with van der Waals surface area (Å²) in [6.45, 7) is 4.50. The predicted octanol–water partition coefficient (Wildman–Crippen LogP) is 0.718. The first-order chi connectivity index (χ1) is 6.02. The average Bonchev–Trinajstić information content (AvgIpc) is 2.32. The number of carbonyl (C=O) groups excluding carboxylic acids is 1. The van der Waals surface area contributed by atoms with Crippen LogP contribution in [-0.2, 0) is 9.59 Å². The summed E-state index contributed by atoms with van der Waals surface area (Å²) >= 11 is 0. The summed E-state index contributed by atoms with van der Waals surface area (Å²) in [6.07, 6.45) is 0.838. The van der Waals surface area contributed by atoms with Crippen molar-refractivity contribution < 1.29 is 14.7 Å². The minimum atomic E-state index is -0.883. The van der Waals surface area contributed by atoms with Crippen molar-refractivity contribution in [3.8, 4) is 0 Å². The van der Waals surface area contributed by atoms with Gasteiger partial charge in [0.25, 0.3) is 0 Å². The van der Waals surface area contributed by atoms with E-state index in [1.165, 1.54) is 4.90 Å². The normalized spacial score (nSPS) is 22.8. The maximum atomic E-state index is 11.3. The molecule has 0 spiro atoms. The highest BCUT2D eigenvalue weighted by atomic mass is 16.4. The van der Waals surface area contributed by atoms with Crippen molar-refractivity contribution in [2.75, 3.05) is 6.54 Å². The van der Waals surface area contributed by atoms with Crippen molar-refractivity contribution in [1.82, 2.24) is 4.90 Å². The first-order valence-electron chi connectivity index (χ1n) is 4.54. The number of rotatable bonds is 3. The van der Waals surface area contributed by atoms with Gasteiger partial charge < -0.3 is 10.0 Å². The lowest BCUT2D eigenvalue weighted by molar-refractivity contribution is -0.146. The van der Waals surface area contributed by atoms with E-state index in [-0.39, 0.29) is 5.91 Å². The summed E-state index contributed by atoms with van der Waals surface area (Å²) < 4.78 is 0. The third-order valence-electron chi connectivity index (χ3n) is 2.18. The van der Waals surface area contributed by atoms with E-state index in [4.69, 9.17) is 5.11 Å². The standard InChI is InChI=1S/C9H15NO3/c1-6(2)5-10-7(9(12)13)3-4-8(10)11/h6-7H,3-5H2,1-2H3,(H,12,13). The van der Waals surface area contributed by atoms with E-state index in [0.29, 0.717) is 25.3 Å². The van der Waals surface area contributed by atoms with Crippen LogP contribution in [0.3, 0.4) is 0 Å². The monoisotopic (exact) mass is 185 g/mol. The Kier molecular flexibility index (Phi) is 2.90. The number of hydrogen-bond donors (Lipinski definition) is 1. The Morgan fingerprint density at radius 1 is 1.69 bits per heavy atom. The summed E-state index contributed by atoms with van der Waals surface area (Å²) in [6, 6.07) is -0.588. The van der Waals surface area contributed by atoms with Crippen molar-refractivity contribution in [1.29, 1.82) is 0 Å². The maximum absolute atomic E-state index is 11.3. The van der Waals surface area contributed by atoms with Crippen LogP contribution in [0.15, 0.2) is 0 Å². The Hall–Kier alpha value is -1.06. The lowest BCUT2D eigenvalue weighted by Crippen LogP contribution is -2.40. The molecule has 0 aromatic heterocycles. The van der Waals surface area contributed by atoms with Crippen molar-refractivity contribution >= 4 is 11.9 Å². The minimum absolute atomic E-state index is 0.0268. The molecule has 1 aliphatic rings. The number of aliphatic carboxylic acids is 1. The largest absolute Gasteiger partial charge is 0.480 e. The van der Waals surface area contributed by atoms with Crippen molar-refractivity contribution in [2.24, 2.45) is 5.92 Å². The number of hydrogen-bond acceptors (Lipinski definition) is 2. The summed E-state index contributed by atoms with van der Waals surface area (Å²) in [4.78, 5) is 23.5. The molecule has 13 heavy (non-hydrogen) atoms. The SMILES string of the molecule is CC(C)CN1C(=O)CCC1C(=O)O. The Morgan fingerprint density at radius 2 is 2.31 bits per heavy atom. The molecule has 1 fully saturated rings. The van der Waals surface area contributed by atoms with Gasteiger partial charge in [-0.2, -0.15) is 0 Å². The minimum Gasteiger partial charge on any atom is -0.480 e. The number of carboxylic acid groups (broad SMARTS) is 1. The lowest BCUT2D eigenvalue weighted by Gasteiger charge is -2.23. The molecular weight excluding hydrogens is 170 g/mol. The second kappa shape index (κ2) is 3.77. The molecule has 1 unspecified atom stereocenters. The maximum Gasteiger partial charge on any atom is 0.326 e. The molecule has 0 aromatic rings. The van der Waals surface area contributed by atoms with Gasteiger partial charge in [-0.1, -0.05) is 13.8 Å². The number of carbonyl (C=O) groups is 2. The molecule has 4 heteroatoms. The second-order valence-corrected chi connectivity index (χ2v) is 3.83. The molecule has 4 nitrogen and oxygen atoms in total. The highest BCUT2D eigenvalue weighted by Crippen LogP contribution is 2.19. The van der Waals surface area contributed by atoms with E-state index < -0.39 is 12.0 Å². The zero-order chi connectivity index (χ0) is 10.0. The fourth-order valence-corrected chi connectivity index (χ4v) is 1.61. The molecule has 1 atom stereocenters. The summed E-state index contributed by atoms with van der Waals surface area (Å²) in [5, 5.41) is 8.82. The lowest BCUT2D eigenvalue weighted by atomic mass is 10.2. The van der Waals surface area contributed by atoms with Crippen LogP contribution in [-0.4, -0.2) is 34.5 Å². The van der Waals surface area contributed by atoms with E-state index in [2.05, 4.69) is 0 Å².